The van der Waals surface area contributed by atoms with Gasteiger partial charge in [0.2, 0.25) is 15.9 Å². The predicted octanol–water partition coefficient (Wildman–Crippen LogP) is 5.15. The quantitative estimate of drug-likeness (QED) is 0.468. The molecule has 0 aliphatic rings. The number of carbonyl (C=O) groups is 1. The highest BCUT2D eigenvalue weighted by atomic mass is 35.5. The highest BCUT2D eigenvalue weighted by molar-refractivity contribution is 7.89. The van der Waals surface area contributed by atoms with Crippen LogP contribution < -0.4 is 5.32 Å². The predicted molar refractivity (Wildman–Crippen MR) is 124 cm³/mol. The van der Waals surface area contributed by atoms with Gasteiger partial charge in [-0.15, -0.1) is 0 Å². The van der Waals surface area contributed by atoms with Crippen molar-refractivity contribution in [3.05, 3.63) is 99.0 Å². The molecule has 1 amide bonds. The molecule has 0 fully saturated rings. The molecule has 0 aromatic heterocycles. The molecule has 0 spiro atoms. The minimum atomic E-state index is -4.00. The molecule has 0 atom stereocenters. The summed E-state index contributed by atoms with van der Waals surface area (Å²) in [4.78, 5) is 12.6. The third-order valence-corrected chi connectivity index (χ3v) is 7.11. The Morgan fingerprint density at radius 2 is 1.52 bits per heavy atom. The summed E-state index contributed by atoms with van der Waals surface area (Å²) in [5.41, 5.74) is 1.43. The molecular formula is C22H19Cl3N2O3S. The van der Waals surface area contributed by atoms with Crippen LogP contribution in [0.3, 0.4) is 0 Å². The standard InChI is InChI=1S/C22H19Cl3N2O3S/c23-18-8-10-20(11-9-18)31(29,30)27(14-17-6-7-19(24)12-21(17)25)15-22(28)26-13-16-4-2-1-3-5-16/h1-12H,13-15H2,(H,26,28). The van der Waals surface area contributed by atoms with E-state index in [1.807, 2.05) is 30.3 Å². The van der Waals surface area contributed by atoms with Crippen molar-refractivity contribution in [3.8, 4) is 0 Å². The zero-order valence-corrected chi connectivity index (χ0v) is 19.3. The van der Waals surface area contributed by atoms with E-state index >= 15 is 0 Å². The Morgan fingerprint density at radius 1 is 0.871 bits per heavy atom. The summed E-state index contributed by atoms with van der Waals surface area (Å²) in [6, 6.07) is 19.9. The van der Waals surface area contributed by atoms with Crippen LogP contribution in [0.4, 0.5) is 0 Å². The van der Waals surface area contributed by atoms with Gasteiger partial charge in [0.15, 0.2) is 0 Å². The second-order valence-electron chi connectivity index (χ2n) is 6.73. The fourth-order valence-corrected chi connectivity index (χ4v) is 4.80. The van der Waals surface area contributed by atoms with Crippen molar-refractivity contribution in [2.24, 2.45) is 0 Å². The molecule has 0 radical (unpaired) electrons. The maximum atomic E-state index is 13.3. The molecule has 0 bridgehead atoms. The van der Waals surface area contributed by atoms with Gasteiger partial charge in [0, 0.05) is 28.2 Å². The number of benzene rings is 3. The summed E-state index contributed by atoms with van der Waals surface area (Å²) in [6.07, 6.45) is 0. The molecule has 5 nitrogen and oxygen atoms in total. The number of hydrogen-bond acceptors (Lipinski definition) is 3. The number of hydrogen-bond donors (Lipinski definition) is 1. The molecule has 3 aromatic carbocycles. The fraction of sp³-hybridized carbons (Fsp3) is 0.136. The first-order valence-corrected chi connectivity index (χ1v) is 11.8. The first kappa shape index (κ1) is 23.6. The van der Waals surface area contributed by atoms with Crippen LogP contribution in [0.5, 0.6) is 0 Å². The third kappa shape index (κ3) is 6.45. The van der Waals surface area contributed by atoms with E-state index in [1.165, 1.54) is 30.3 Å². The monoisotopic (exact) mass is 496 g/mol. The Bertz CT molecular complexity index is 1150. The molecule has 3 rings (SSSR count). The topological polar surface area (TPSA) is 66.5 Å². The molecule has 0 aliphatic carbocycles. The summed E-state index contributed by atoms with van der Waals surface area (Å²) in [7, 11) is -4.00. The van der Waals surface area contributed by atoms with Crippen LogP contribution in [-0.2, 0) is 27.9 Å². The van der Waals surface area contributed by atoms with E-state index in [1.54, 1.807) is 12.1 Å². The molecular weight excluding hydrogens is 479 g/mol. The molecule has 3 aromatic rings. The van der Waals surface area contributed by atoms with E-state index in [0.717, 1.165) is 9.87 Å². The number of rotatable bonds is 8. The molecule has 0 saturated heterocycles. The maximum Gasteiger partial charge on any atom is 0.243 e. The highest BCUT2D eigenvalue weighted by Gasteiger charge is 2.27. The van der Waals surface area contributed by atoms with Gasteiger partial charge in [0.25, 0.3) is 0 Å². The summed E-state index contributed by atoms with van der Waals surface area (Å²) in [6.45, 7) is -0.188. The van der Waals surface area contributed by atoms with Gasteiger partial charge in [0.1, 0.15) is 0 Å². The van der Waals surface area contributed by atoms with Crippen molar-refractivity contribution in [3.63, 3.8) is 0 Å². The van der Waals surface area contributed by atoms with E-state index in [2.05, 4.69) is 5.32 Å². The lowest BCUT2D eigenvalue weighted by Crippen LogP contribution is -2.40. The molecule has 9 heteroatoms. The molecule has 0 unspecified atom stereocenters. The van der Waals surface area contributed by atoms with E-state index in [4.69, 9.17) is 34.8 Å². The average molecular weight is 498 g/mol. The van der Waals surface area contributed by atoms with Crippen LogP contribution >= 0.6 is 34.8 Å². The van der Waals surface area contributed by atoms with Gasteiger partial charge in [-0.25, -0.2) is 8.42 Å². The van der Waals surface area contributed by atoms with Gasteiger partial charge >= 0.3 is 0 Å². The molecule has 0 aliphatic heterocycles. The van der Waals surface area contributed by atoms with Crippen molar-refractivity contribution >= 4 is 50.7 Å². The number of carbonyl (C=O) groups excluding carboxylic acids is 1. The van der Waals surface area contributed by atoms with Crippen LogP contribution in [-0.4, -0.2) is 25.2 Å². The summed E-state index contributed by atoms with van der Waals surface area (Å²) in [5.74, 6) is -0.438. The molecule has 162 valence electrons. The van der Waals surface area contributed by atoms with E-state index in [-0.39, 0.29) is 24.5 Å². The molecule has 0 saturated carbocycles. The summed E-state index contributed by atoms with van der Waals surface area (Å²) < 4.78 is 27.6. The Morgan fingerprint density at radius 3 is 2.16 bits per heavy atom. The van der Waals surface area contributed by atoms with Gasteiger partial charge in [-0.3, -0.25) is 4.79 Å². The second-order valence-corrected chi connectivity index (χ2v) is 9.94. The largest absolute Gasteiger partial charge is 0.351 e. The Hall–Kier alpha value is -2.09. The zero-order chi connectivity index (χ0) is 22.4. The first-order valence-electron chi connectivity index (χ1n) is 9.26. The van der Waals surface area contributed by atoms with Crippen LogP contribution in [0.25, 0.3) is 0 Å². The van der Waals surface area contributed by atoms with Gasteiger partial charge in [0.05, 0.1) is 11.4 Å². The van der Waals surface area contributed by atoms with Crippen molar-refractivity contribution in [2.45, 2.75) is 18.0 Å². The number of nitrogens with zero attached hydrogens (tertiary/aromatic N) is 1. The van der Waals surface area contributed by atoms with Crippen LogP contribution in [0.1, 0.15) is 11.1 Å². The lowest BCUT2D eigenvalue weighted by molar-refractivity contribution is -0.121. The smallest absolute Gasteiger partial charge is 0.243 e. The van der Waals surface area contributed by atoms with E-state index in [0.29, 0.717) is 20.6 Å². The van der Waals surface area contributed by atoms with Gasteiger partial charge in [-0.2, -0.15) is 4.31 Å². The van der Waals surface area contributed by atoms with Crippen LogP contribution in [0, 0.1) is 0 Å². The fourth-order valence-electron chi connectivity index (χ4n) is 2.83. The Kier molecular flexibility index (Phi) is 7.97. The van der Waals surface area contributed by atoms with Crippen LogP contribution in [0.2, 0.25) is 15.1 Å². The average Bonchev–Trinajstić information content (AvgIpc) is 2.74. The number of nitrogens with one attached hydrogen (secondary N) is 1. The SMILES string of the molecule is O=C(CN(Cc1ccc(Cl)cc1Cl)S(=O)(=O)c1ccc(Cl)cc1)NCc1ccccc1. The summed E-state index contributed by atoms with van der Waals surface area (Å²) in [5, 5.41) is 3.91. The second kappa shape index (κ2) is 10.5. The van der Waals surface area contributed by atoms with E-state index < -0.39 is 15.9 Å². The van der Waals surface area contributed by atoms with Gasteiger partial charge in [-0.05, 0) is 47.5 Å². The maximum absolute atomic E-state index is 13.3. The van der Waals surface area contributed by atoms with Crippen molar-refractivity contribution in [1.29, 1.82) is 0 Å². The van der Waals surface area contributed by atoms with Gasteiger partial charge in [-0.1, -0.05) is 71.2 Å². The van der Waals surface area contributed by atoms with Crippen molar-refractivity contribution in [2.75, 3.05) is 6.54 Å². The minimum absolute atomic E-state index is 0.0258. The molecule has 31 heavy (non-hydrogen) atoms. The van der Waals surface area contributed by atoms with Crippen molar-refractivity contribution < 1.29 is 13.2 Å². The third-order valence-electron chi connectivity index (χ3n) is 4.47. The highest BCUT2D eigenvalue weighted by Crippen LogP contribution is 2.25. The number of amides is 1. The summed E-state index contributed by atoms with van der Waals surface area (Å²) >= 11 is 18.1. The van der Waals surface area contributed by atoms with E-state index in [9.17, 15) is 13.2 Å². The molecule has 1 N–H and O–H groups in total. The lowest BCUT2D eigenvalue weighted by Gasteiger charge is -2.22. The number of halogens is 3. The Balaban J connectivity index is 1.84. The molecule has 0 heterocycles. The van der Waals surface area contributed by atoms with Crippen molar-refractivity contribution in [1.82, 2.24) is 9.62 Å². The zero-order valence-electron chi connectivity index (χ0n) is 16.3. The van der Waals surface area contributed by atoms with Crippen LogP contribution in [0.15, 0.2) is 77.7 Å². The minimum Gasteiger partial charge on any atom is -0.351 e. The Labute approximate surface area is 196 Å². The first-order chi connectivity index (χ1) is 14.8. The lowest BCUT2D eigenvalue weighted by atomic mass is 10.2. The number of sulfonamides is 1. The van der Waals surface area contributed by atoms with Gasteiger partial charge < -0.3 is 5.32 Å². The normalized spacial score (nSPS) is 11.5.